The Labute approximate surface area is 134 Å². The first-order valence-corrected chi connectivity index (χ1v) is 7.71. The van der Waals surface area contributed by atoms with Gasteiger partial charge in [0.1, 0.15) is 12.4 Å². The van der Waals surface area contributed by atoms with Crippen LogP contribution in [0.5, 0.6) is 0 Å². The summed E-state index contributed by atoms with van der Waals surface area (Å²) in [7, 11) is 1.28. The fourth-order valence-corrected chi connectivity index (χ4v) is 2.92. The Bertz CT molecular complexity index is 679. The minimum atomic E-state index is -0.593. The Morgan fingerprint density at radius 1 is 1.43 bits per heavy atom. The van der Waals surface area contributed by atoms with Crippen molar-refractivity contribution >= 4 is 23.0 Å². The van der Waals surface area contributed by atoms with E-state index in [1.165, 1.54) is 7.11 Å². The number of para-hydroxylation sites is 2. The van der Waals surface area contributed by atoms with Gasteiger partial charge in [0.25, 0.3) is 0 Å². The highest BCUT2D eigenvalue weighted by molar-refractivity contribution is 5.82. The molecule has 1 saturated heterocycles. The van der Waals surface area contributed by atoms with E-state index in [4.69, 9.17) is 0 Å². The number of amides is 2. The van der Waals surface area contributed by atoms with Crippen molar-refractivity contribution in [1.29, 1.82) is 0 Å². The summed E-state index contributed by atoms with van der Waals surface area (Å²) in [6.07, 6.45) is 1.32. The third-order valence-electron chi connectivity index (χ3n) is 4.14. The van der Waals surface area contributed by atoms with Gasteiger partial charge in [0.05, 0.1) is 18.1 Å². The number of carbonyl (C=O) groups excluding carboxylic acids is 2. The zero-order valence-electron chi connectivity index (χ0n) is 13.0. The van der Waals surface area contributed by atoms with Crippen LogP contribution in [0.1, 0.15) is 24.6 Å². The van der Waals surface area contributed by atoms with Gasteiger partial charge in [0, 0.05) is 19.0 Å². The summed E-state index contributed by atoms with van der Waals surface area (Å²) in [4.78, 5) is 33.0. The molecule has 23 heavy (non-hydrogen) atoms. The van der Waals surface area contributed by atoms with Gasteiger partial charge in [-0.3, -0.25) is 4.79 Å². The highest BCUT2D eigenvalue weighted by Gasteiger charge is 2.26. The number of methoxy groups -OCH3 is 1. The number of ether oxygens (including phenoxy) is 1. The maximum absolute atomic E-state index is 12.2. The number of rotatable bonds is 3. The molecule has 0 saturated carbocycles. The number of likely N-dealkylation sites (tertiary alicyclic amines) is 1. The van der Waals surface area contributed by atoms with Crippen LogP contribution in [0.15, 0.2) is 24.3 Å². The molecule has 1 aromatic carbocycles. The summed E-state index contributed by atoms with van der Waals surface area (Å²) < 4.78 is 4.48. The largest absolute Gasteiger partial charge is 0.453 e. The standard InChI is InChI=1S/C16H20N4O3/c1-23-16(22)17-9-14(21)20-8-4-5-11(10-20)15-18-12-6-2-3-7-13(12)19-15/h2-3,6-7,11H,4-5,8-10H2,1H3,(H,17,22)(H,18,19). The highest BCUT2D eigenvalue weighted by atomic mass is 16.5. The van der Waals surface area contributed by atoms with Crippen LogP contribution in [0, 0.1) is 0 Å². The molecule has 7 nitrogen and oxygen atoms in total. The zero-order chi connectivity index (χ0) is 16.2. The number of carbonyl (C=O) groups is 2. The molecular weight excluding hydrogens is 296 g/mol. The van der Waals surface area contributed by atoms with E-state index < -0.39 is 6.09 Å². The third kappa shape index (κ3) is 3.44. The van der Waals surface area contributed by atoms with Gasteiger partial charge < -0.3 is 19.9 Å². The summed E-state index contributed by atoms with van der Waals surface area (Å²) >= 11 is 0. The average Bonchev–Trinajstić information content (AvgIpc) is 3.03. The van der Waals surface area contributed by atoms with Crippen molar-refractivity contribution in [1.82, 2.24) is 20.2 Å². The summed E-state index contributed by atoms with van der Waals surface area (Å²) in [5.74, 6) is 1.01. The van der Waals surface area contributed by atoms with E-state index in [2.05, 4.69) is 20.0 Å². The van der Waals surface area contributed by atoms with E-state index in [1.807, 2.05) is 24.3 Å². The van der Waals surface area contributed by atoms with Crippen LogP contribution in [-0.4, -0.2) is 53.6 Å². The molecule has 1 atom stereocenters. The topological polar surface area (TPSA) is 87.3 Å². The van der Waals surface area contributed by atoms with E-state index in [9.17, 15) is 9.59 Å². The van der Waals surface area contributed by atoms with Crippen molar-refractivity contribution < 1.29 is 14.3 Å². The van der Waals surface area contributed by atoms with Crippen LogP contribution >= 0.6 is 0 Å². The normalized spacial score (nSPS) is 18.0. The van der Waals surface area contributed by atoms with Crippen LogP contribution < -0.4 is 5.32 Å². The second-order valence-electron chi connectivity index (χ2n) is 5.66. The Morgan fingerprint density at radius 3 is 3.04 bits per heavy atom. The second kappa shape index (κ2) is 6.68. The Hall–Kier alpha value is -2.57. The van der Waals surface area contributed by atoms with Gasteiger partial charge in [0.2, 0.25) is 5.91 Å². The fourth-order valence-electron chi connectivity index (χ4n) is 2.92. The number of fused-ring (bicyclic) bond motifs is 1. The number of nitrogens with zero attached hydrogens (tertiary/aromatic N) is 2. The smallest absolute Gasteiger partial charge is 0.407 e. The van der Waals surface area contributed by atoms with Crippen molar-refractivity contribution in [2.75, 3.05) is 26.7 Å². The highest BCUT2D eigenvalue weighted by Crippen LogP contribution is 2.26. The number of aromatic amines is 1. The van der Waals surface area contributed by atoms with Crippen LogP contribution in [0.3, 0.4) is 0 Å². The van der Waals surface area contributed by atoms with Gasteiger partial charge >= 0.3 is 6.09 Å². The first kappa shape index (κ1) is 15.3. The molecule has 122 valence electrons. The lowest BCUT2D eigenvalue weighted by atomic mass is 9.97. The van der Waals surface area contributed by atoms with Gasteiger partial charge in [-0.1, -0.05) is 12.1 Å². The molecule has 1 aromatic heterocycles. The molecule has 1 unspecified atom stereocenters. The van der Waals surface area contributed by atoms with Gasteiger partial charge in [-0.25, -0.2) is 9.78 Å². The first-order chi connectivity index (χ1) is 11.2. The molecule has 0 aliphatic carbocycles. The van der Waals surface area contributed by atoms with Crippen molar-refractivity contribution in [2.24, 2.45) is 0 Å². The fraction of sp³-hybridized carbons (Fsp3) is 0.438. The minimum Gasteiger partial charge on any atom is -0.453 e. The summed E-state index contributed by atoms with van der Waals surface area (Å²) in [5.41, 5.74) is 1.96. The molecule has 1 aliphatic heterocycles. The number of benzene rings is 1. The van der Waals surface area contributed by atoms with Gasteiger partial charge in [-0.2, -0.15) is 0 Å². The van der Waals surface area contributed by atoms with Crippen molar-refractivity contribution in [3.05, 3.63) is 30.1 Å². The number of hydrogen-bond donors (Lipinski definition) is 2. The van der Waals surface area contributed by atoms with E-state index in [0.717, 1.165) is 29.7 Å². The molecule has 2 aromatic rings. The molecule has 2 amide bonds. The molecule has 1 aliphatic rings. The predicted molar refractivity (Wildman–Crippen MR) is 85.1 cm³/mol. The lowest BCUT2D eigenvalue weighted by Gasteiger charge is -2.31. The van der Waals surface area contributed by atoms with Gasteiger partial charge in [-0.05, 0) is 25.0 Å². The van der Waals surface area contributed by atoms with Crippen LogP contribution in [0.4, 0.5) is 4.79 Å². The van der Waals surface area contributed by atoms with Gasteiger partial charge in [-0.15, -0.1) is 0 Å². The number of piperidine rings is 1. The van der Waals surface area contributed by atoms with E-state index in [1.54, 1.807) is 4.90 Å². The summed E-state index contributed by atoms with van der Waals surface area (Å²) in [5, 5.41) is 2.43. The lowest BCUT2D eigenvalue weighted by molar-refractivity contribution is -0.131. The maximum atomic E-state index is 12.2. The average molecular weight is 316 g/mol. The number of alkyl carbamates (subject to hydrolysis) is 1. The maximum Gasteiger partial charge on any atom is 0.407 e. The first-order valence-electron chi connectivity index (χ1n) is 7.71. The van der Waals surface area contributed by atoms with Crippen LogP contribution in [-0.2, 0) is 9.53 Å². The number of H-pyrrole nitrogens is 1. The third-order valence-corrected chi connectivity index (χ3v) is 4.14. The molecular formula is C16H20N4O3. The quantitative estimate of drug-likeness (QED) is 0.901. The molecule has 0 radical (unpaired) electrons. The molecule has 7 heteroatoms. The minimum absolute atomic E-state index is 0.0421. The number of imidazole rings is 1. The Kier molecular flexibility index (Phi) is 4.45. The summed E-state index contributed by atoms with van der Waals surface area (Å²) in [6.45, 7) is 1.28. The van der Waals surface area contributed by atoms with Gasteiger partial charge in [0.15, 0.2) is 0 Å². The van der Waals surface area contributed by atoms with E-state index >= 15 is 0 Å². The monoisotopic (exact) mass is 316 g/mol. The predicted octanol–water partition coefficient (Wildman–Crippen LogP) is 1.62. The van der Waals surface area contributed by atoms with Crippen LogP contribution in [0.25, 0.3) is 11.0 Å². The molecule has 0 bridgehead atoms. The van der Waals surface area contributed by atoms with Crippen molar-refractivity contribution in [3.63, 3.8) is 0 Å². The number of aromatic nitrogens is 2. The molecule has 3 rings (SSSR count). The molecule has 1 fully saturated rings. The Balaban J connectivity index is 1.65. The molecule has 2 heterocycles. The van der Waals surface area contributed by atoms with E-state index in [-0.39, 0.29) is 18.4 Å². The molecule has 2 N–H and O–H groups in total. The van der Waals surface area contributed by atoms with Crippen molar-refractivity contribution in [3.8, 4) is 0 Å². The SMILES string of the molecule is COC(=O)NCC(=O)N1CCCC(c2nc3ccccc3[nH]2)C1. The Morgan fingerprint density at radius 2 is 2.26 bits per heavy atom. The lowest BCUT2D eigenvalue weighted by Crippen LogP contribution is -2.44. The van der Waals surface area contributed by atoms with Crippen LogP contribution in [0.2, 0.25) is 0 Å². The van der Waals surface area contributed by atoms with Crippen molar-refractivity contribution in [2.45, 2.75) is 18.8 Å². The zero-order valence-corrected chi connectivity index (χ0v) is 13.0. The second-order valence-corrected chi connectivity index (χ2v) is 5.66. The van der Waals surface area contributed by atoms with E-state index in [0.29, 0.717) is 13.1 Å². The number of nitrogens with one attached hydrogen (secondary N) is 2. The number of hydrogen-bond acceptors (Lipinski definition) is 4. The molecule has 0 spiro atoms. The summed E-state index contributed by atoms with van der Waals surface area (Å²) in [6, 6.07) is 7.90.